The molecule has 1 saturated heterocycles. The van der Waals surface area contributed by atoms with E-state index in [1.807, 2.05) is 29.2 Å². The van der Waals surface area contributed by atoms with Crippen molar-refractivity contribution in [1.29, 1.82) is 0 Å². The van der Waals surface area contributed by atoms with E-state index in [0.29, 0.717) is 28.9 Å². The summed E-state index contributed by atoms with van der Waals surface area (Å²) < 4.78 is 11.0. The number of methoxy groups -OCH3 is 1. The van der Waals surface area contributed by atoms with Gasteiger partial charge in [0.05, 0.1) is 12.1 Å². The number of benzene rings is 2. The van der Waals surface area contributed by atoms with Crippen LogP contribution in [0.1, 0.15) is 6.92 Å². The summed E-state index contributed by atoms with van der Waals surface area (Å²) in [5, 5.41) is 0.921. The maximum Gasteiger partial charge on any atom is 0.263 e. The molecule has 1 heterocycles. The van der Waals surface area contributed by atoms with Gasteiger partial charge in [0.15, 0.2) is 6.10 Å². The number of halogens is 2. The van der Waals surface area contributed by atoms with Gasteiger partial charge in [-0.15, -0.1) is 0 Å². The van der Waals surface area contributed by atoms with Crippen molar-refractivity contribution < 1.29 is 14.3 Å². The van der Waals surface area contributed by atoms with Crippen molar-refractivity contribution in [3.8, 4) is 11.5 Å². The second-order valence-corrected chi connectivity index (χ2v) is 7.19. The van der Waals surface area contributed by atoms with E-state index in [1.54, 1.807) is 32.2 Å². The average molecular weight is 409 g/mol. The van der Waals surface area contributed by atoms with Crippen LogP contribution in [0.5, 0.6) is 11.5 Å². The van der Waals surface area contributed by atoms with E-state index in [1.165, 1.54) is 0 Å². The Balaban J connectivity index is 1.57. The lowest BCUT2D eigenvalue weighted by atomic mass is 10.2. The van der Waals surface area contributed by atoms with Crippen LogP contribution in [-0.2, 0) is 4.79 Å². The van der Waals surface area contributed by atoms with E-state index in [-0.39, 0.29) is 5.91 Å². The minimum Gasteiger partial charge on any atom is -0.497 e. The first-order valence-corrected chi connectivity index (χ1v) is 9.53. The second-order valence-electron chi connectivity index (χ2n) is 6.35. The Morgan fingerprint density at radius 2 is 1.81 bits per heavy atom. The van der Waals surface area contributed by atoms with Crippen molar-refractivity contribution in [1.82, 2.24) is 4.90 Å². The summed E-state index contributed by atoms with van der Waals surface area (Å²) in [5.74, 6) is 1.23. The number of amides is 1. The van der Waals surface area contributed by atoms with Gasteiger partial charge in [0.2, 0.25) is 0 Å². The first-order valence-electron chi connectivity index (χ1n) is 8.77. The number of hydrogen-bond acceptors (Lipinski definition) is 4. The van der Waals surface area contributed by atoms with E-state index < -0.39 is 6.10 Å². The van der Waals surface area contributed by atoms with Gasteiger partial charge < -0.3 is 19.3 Å². The zero-order valence-electron chi connectivity index (χ0n) is 15.3. The van der Waals surface area contributed by atoms with E-state index in [9.17, 15) is 4.79 Å². The van der Waals surface area contributed by atoms with E-state index >= 15 is 0 Å². The normalized spacial score (nSPS) is 15.4. The van der Waals surface area contributed by atoms with Gasteiger partial charge in [0, 0.05) is 43.0 Å². The molecule has 144 valence electrons. The molecule has 1 fully saturated rings. The smallest absolute Gasteiger partial charge is 0.263 e. The van der Waals surface area contributed by atoms with Crippen LogP contribution in [0.3, 0.4) is 0 Å². The Morgan fingerprint density at radius 3 is 2.48 bits per heavy atom. The van der Waals surface area contributed by atoms with Crippen LogP contribution >= 0.6 is 23.2 Å². The highest BCUT2D eigenvalue weighted by molar-refractivity contribution is 6.35. The molecule has 0 saturated carbocycles. The molecule has 1 aliphatic rings. The molecule has 0 bridgehead atoms. The van der Waals surface area contributed by atoms with Gasteiger partial charge in [-0.1, -0.05) is 29.3 Å². The highest BCUT2D eigenvalue weighted by Gasteiger charge is 2.26. The fourth-order valence-electron chi connectivity index (χ4n) is 3.06. The van der Waals surface area contributed by atoms with Gasteiger partial charge in [-0.05, 0) is 37.3 Å². The molecule has 2 aromatic carbocycles. The number of anilines is 1. The van der Waals surface area contributed by atoms with Crippen LogP contribution in [-0.4, -0.2) is 50.2 Å². The highest BCUT2D eigenvalue weighted by Crippen LogP contribution is 2.28. The molecule has 1 amide bonds. The predicted octanol–water partition coefficient (Wildman–Crippen LogP) is 4.12. The molecular formula is C20H22Cl2N2O3. The summed E-state index contributed by atoms with van der Waals surface area (Å²) in [7, 11) is 1.66. The van der Waals surface area contributed by atoms with E-state index in [2.05, 4.69) is 4.90 Å². The minimum absolute atomic E-state index is 0.0497. The summed E-state index contributed by atoms with van der Waals surface area (Å²) >= 11 is 12.0. The largest absolute Gasteiger partial charge is 0.497 e. The summed E-state index contributed by atoms with van der Waals surface area (Å²) in [6.07, 6.45) is -0.618. The third-order valence-electron chi connectivity index (χ3n) is 4.56. The molecular weight excluding hydrogens is 387 g/mol. The molecule has 0 aromatic heterocycles. The van der Waals surface area contributed by atoms with Crippen LogP contribution in [0.2, 0.25) is 10.0 Å². The lowest BCUT2D eigenvalue weighted by Crippen LogP contribution is -2.52. The quantitative estimate of drug-likeness (QED) is 0.745. The molecule has 1 atom stereocenters. The molecule has 0 spiro atoms. The van der Waals surface area contributed by atoms with Crippen LogP contribution < -0.4 is 14.4 Å². The Morgan fingerprint density at radius 1 is 1.07 bits per heavy atom. The molecule has 0 aliphatic carbocycles. The monoisotopic (exact) mass is 408 g/mol. The number of carbonyl (C=O) groups excluding carboxylic acids is 1. The topological polar surface area (TPSA) is 42.0 Å². The third kappa shape index (κ3) is 4.79. The number of ether oxygens (including phenoxy) is 2. The summed E-state index contributed by atoms with van der Waals surface area (Å²) in [5.41, 5.74) is 1.10. The van der Waals surface area contributed by atoms with Gasteiger partial charge >= 0.3 is 0 Å². The fraction of sp³-hybridized carbons (Fsp3) is 0.350. The number of carbonyl (C=O) groups is 1. The van der Waals surface area contributed by atoms with Crippen molar-refractivity contribution >= 4 is 34.8 Å². The fourth-order valence-corrected chi connectivity index (χ4v) is 3.51. The Hall–Kier alpha value is -2.11. The molecule has 2 aromatic rings. The summed E-state index contributed by atoms with van der Waals surface area (Å²) in [6.45, 7) is 4.53. The van der Waals surface area contributed by atoms with Gasteiger partial charge in [-0.2, -0.15) is 0 Å². The molecule has 3 rings (SSSR count). The summed E-state index contributed by atoms with van der Waals surface area (Å²) in [4.78, 5) is 16.8. The Kier molecular flexibility index (Phi) is 6.34. The van der Waals surface area contributed by atoms with Crippen LogP contribution in [0.4, 0.5) is 5.69 Å². The molecule has 0 unspecified atom stereocenters. The zero-order chi connectivity index (χ0) is 19.4. The van der Waals surface area contributed by atoms with Crippen molar-refractivity contribution in [3.63, 3.8) is 0 Å². The molecule has 5 nitrogen and oxygen atoms in total. The third-order valence-corrected chi connectivity index (χ3v) is 5.09. The van der Waals surface area contributed by atoms with Crippen molar-refractivity contribution in [2.24, 2.45) is 0 Å². The van der Waals surface area contributed by atoms with Gasteiger partial charge in [0.25, 0.3) is 5.91 Å². The first kappa shape index (κ1) is 19.6. The van der Waals surface area contributed by atoms with Crippen molar-refractivity contribution in [2.45, 2.75) is 13.0 Å². The molecule has 7 heteroatoms. The Labute approximate surface area is 169 Å². The molecule has 27 heavy (non-hydrogen) atoms. The first-order chi connectivity index (χ1) is 13.0. The van der Waals surface area contributed by atoms with Gasteiger partial charge in [0.1, 0.15) is 11.5 Å². The van der Waals surface area contributed by atoms with E-state index in [0.717, 1.165) is 24.5 Å². The molecule has 0 N–H and O–H groups in total. The van der Waals surface area contributed by atoms with Crippen LogP contribution in [0, 0.1) is 0 Å². The number of rotatable bonds is 5. The van der Waals surface area contributed by atoms with E-state index in [4.69, 9.17) is 32.7 Å². The Bertz CT molecular complexity index is 808. The van der Waals surface area contributed by atoms with Crippen LogP contribution in [0.15, 0.2) is 42.5 Å². The lowest BCUT2D eigenvalue weighted by molar-refractivity contribution is -0.138. The average Bonchev–Trinajstić information content (AvgIpc) is 2.69. The number of piperazine rings is 1. The van der Waals surface area contributed by atoms with Crippen LogP contribution in [0.25, 0.3) is 0 Å². The van der Waals surface area contributed by atoms with Gasteiger partial charge in [-0.25, -0.2) is 0 Å². The standard InChI is InChI=1S/C20H22Cl2N2O3/c1-14(27-19-7-6-15(21)12-18(19)22)20(25)24-10-8-23(9-11-24)16-4-3-5-17(13-16)26-2/h3-7,12-14H,8-11H2,1-2H3/t14-/m1/s1. The second kappa shape index (κ2) is 8.72. The number of hydrogen-bond donors (Lipinski definition) is 0. The maximum atomic E-state index is 12.7. The number of nitrogens with zero attached hydrogens (tertiary/aromatic N) is 2. The van der Waals surface area contributed by atoms with Gasteiger partial charge in [-0.3, -0.25) is 4.79 Å². The zero-order valence-corrected chi connectivity index (χ0v) is 16.8. The SMILES string of the molecule is COc1cccc(N2CCN(C(=O)[C@@H](C)Oc3ccc(Cl)cc3Cl)CC2)c1. The minimum atomic E-state index is -0.618. The predicted molar refractivity (Wildman–Crippen MR) is 108 cm³/mol. The maximum absolute atomic E-state index is 12.7. The summed E-state index contributed by atoms with van der Waals surface area (Å²) in [6, 6.07) is 12.9. The highest BCUT2D eigenvalue weighted by atomic mass is 35.5. The lowest BCUT2D eigenvalue weighted by Gasteiger charge is -2.37. The van der Waals surface area contributed by atoms with Crippen molar-refractivity contribution in [3.05, 3.63) is 52.5 Å². The molecule has 1 aliphatic heterocycles. The van der Waals surface area contributed by atoms with Crippen molar-refractivity contribution in [2.75, 3.05) is 38.2 Å². The molecule has 0 radical (unpaired) electrons.